The van der Waals surface area contributed by atoms with Gasteiger partial charge in [0.05, 0.1) is 24.8 Å². The molecule has 2 aromatic heterocycles. The highest BCUT2D eigenvalue weighted by Gasteiger charge is 2.12. The highest BCUT2D eigenvalue weighted by Crippen LogP contribution is 2.16. The lowest BCUT2D eigenvalue weighted by Gasteiger charge is -2.25. The molecule has 1 aliphatic rings. The first kappa shape index (κ1) is 16.0. The van der Waals surface area contributed by atoms with Crippen molar-refractivity contribution in [3.8, 4) is 5.69 Å². The van der Waals surface area contributed by atoms with Gasteiger partial charge in [-0.15, -0.1) is 5.10 Å². The number of imidazole rings is 1. The van der Waals surface area contributed by atoms with Crippen LogP contribution in [-0.2, 0) is 13.1 Å². The van der Waals surface area contributed by atoms with E-state index in [-0.39, 0.29) is 0 Å². The molecule has 25 heavy (non-hydrogen) atoms. The van der Waals surface area contributed by atoms with Gasteiger partial charge in [0.2, 0.25) is 0 Å². The van der Waals surface area contributed by atoms with E-state index in [0.29, 0.717) is 0 Å². The van der Waals surface area contributed by atoms with Crippen LogP contribution in [0.1, 0.15) is 16.8 Å². The highest BCUT2D eigenvalue weighted by atomic mass is 15.4. The first-order valence-electron chi connectivity index (χ1n) is 8.68. The van der Waals surface area contributed by atoms with Crippen molar-refractivity contribution in [3.63, 3.8) is 0 Å². The Morgan fingerprint density at radius 3 is 2.80 bits per heavy atom. The van der Waals surface area contributed by atoms with Gasteiger partial charge < -0.3 is 9.88 Å². The largest absolute Gasteiger partial charge is 0.314 e. The molecule has 0 aliphatic carbocycles. The third-order valence-electron chi connectivity index (χ3n) is 4.64. The van der Waals surface area contributed by atoms with Gasteiger partial charge in [-0.3, -0.25) is 4.90 Å². The molecule has 3 heterocycles. The monoisotopic (exact) mass is 337 g/mol. The van der Waals surface area contributed by atoms with E-state index in [4.69, 9.17) is 0 Å². The van der Waals surface area contributed by atoms with Gasteiger partial charge in [-0.05, 0) is 30.2 Å². The summed E-state index contributed by atoms with van der Waals surface area (Å²) in [7, 11) is 0. The Balaban J connectivity index is 1.43. The van der Waals surface area contributed by atoms with E-state index in [9.17, 15) is 0 Å². The van der Waals surface area contributed by atoms with Gasteiger partial charge in [0.1, 0.15) is 0 Å². The third kappa shape index (κ3) is 3.78. The number of piperazine rings is 1. The van der Waals surface area contributed by atoms with Crippen LogP contribution in [0.15, 0.2) is 43.1 Å². The molecule has 0 spiro atoms. The summed E-state index contributed by atoms with van der Waals surface area (Å²) in [6.45, 7) is 8.00. The molecule has 3 aromatic rings. The molecule has 4 rings (SSSR count). The molecular formula is C18H23N7. The second-order valence-corrected chi connectivity index (χ2v) is 6.51. The van der Waals surface area contributed by atoms with Gasteiger partial charge in [-0.2, -0.15) is 0 Å². The number of aryl methyl sites for hydroxylation is 1. The van der Waals surface area contributed by atoms with Crippen molar-refractivity contribution >= 4 is 0 Å². The molecule has 0 radical (unpaired) electrons. The van der Waals surface area contributed by atoms with E-state index in [1.165, 1.54) is 11.1 Å². The zero-order valence-electron chi connectivity index (χ0n) is 14.5. The van der Waals surface area contributed by atoms with E-state index >= 15 is 0 Å². The number of hydrogen-bond donors (Lipinski definition) is 1. The molecule has 1 saturated heterocycles. The van der Waals surface area contributed by atoms with Crippen molar-refractivity contribution < 1.29 is 0 Å². The smallest absolute Gasteiger partial charge is 0.0991 e. The minimum absolute atomic E-state index is 0.741. The Hall–Kier alpha value is -2.51. The van der Waals surface area contributed by atoms with Gasteiger partial charge in [0, 0.05) is 50.8 Å². The Kier molecular flexibility index (Phi) is 4.58. The van der Waals surface area contributed by atoms with Crippen LogP contribution in [0.2, 0.25) is 0 Å². The lowest BCUT2D eigenvalue weighted by Crippen LogP contribution is -2.42. The molecule has 1 N–H and O–H groups in total. The Morgan fingerprint density at radius 1 is 1.16 bits per heavy atom. The first-order chi connectivity index (χ1) is 12.3. The van der Waals surface area contributed by atoms with Crippen molar-refractivity contribution in [3.05, 3.63) is 59.9 Å². The van der Waals surface area contributed by atoms with Crippen LogP contribution in [0, 0.1) is 6.92 Å². The molecule has 7 heteroatoms. The van der Waals surface area contributed by atoms with Crippen molar-refractivity contribution in [2.24, 2.45) is 0 Å². The van der Waals surface area contributed by atoms with Gasteiger partial charge in [0.25, 0.3) is 0 Å². The van der Waals surface area contributed by atoms with Gasteiger partial charge in [-0.1, -0.05) is 11.3 Å². The fraction of sp³-hybridized carbons (Fsp3) is 0.389. The lowest BCUT2D eigenvalue weighted by atomic mass is 10.1. The van der Waals surface area contributed by atoms with E-state index in [0.717, 1.165) is 50.6 Å². The van der Waals surface area contributed by atoms with Crippen molar-refractivity contribution in [2.75, 3.05) is 26.2 Å². The average molecular weight is 337 g/mol. The van der Waals surface area contributed by atoms with E-state index in [1.54, 1.807) is 6.20 Å². The summed E-state index contributed by atoms with van der Waals surface area (Å²) in [6.07, 6.45) is 7.62. The predicted octanol–water partition coefficient (Wildman–Crippen LogP) is 1.23. The van der Waals surface area contributed by atoms with Crippen molar-refractivity contribution in [2.45, 2.75) is 20.0 Å². The summed E-state index contributed by atoms with van der Waals surface area (Å²) in [6, 6.07) is 6.44. The van der Waals surface area contributed by atoms with Crippen LogP contribution in [-0.4, -0.2) is 55.6 Å². The molecule has 0 bridgehead atoms. The zero-order valence-corrected chi connectivity index (χ0v) is 14.5. The SMILES string of the molecule is Cc1cc(-n2ccnc2)ccc1Cn1cc(CN2CCNCC2)nn1. The molecule has 0 atom stereocenters. The van der Waals surface area contributed by atoms with E-state index in [1.807, 2.05) is 21.8 Å². The summed E-state index contributed by atoms with van der Waals surface area (Å²) in [5.74, 6) is 0. The van der Waals surface area contributed by atoms with Gasteiger partial charge in [-0.25, -0.2) is 9.67 Å². The maximum atomic E-state index is 4.33. The molecule has 7 nitrogen and oxygen atoms in total. The number of benzene rings is 1. The number of rotatable bonds is 5. The molecule has 0 unspecified atom stereocenters. The van der Waals surface area contributed by atoms with Crippen LogP contribution < -0.4 is 5.32 Å². The molecule has 1 aliphatic heterocycles. The number of hydrogen-bond acceptors (Lipinski definition) is 5. The minimum Gasteiger partial charge on any atom is -0.314 e. The fourth-order valence-electron chi connectivity index (χ4n) is 3.19. The molecule has 0 amide bonds. The molecule has 1 fully saturated rings. The lowest BCUT2D eigenvalue weighted by molar-refractivity contribution is 0.230. The van der Waals surface area contributed by atoms with Crippen LogP contribution >= 0.6 is 0 Å². The fourth-order valence-corrected chi connectivity index (χ4v) is 3.19. The van der Waals surface area contributed by atoms with Gasteiger partial charge >= 0.3 is 0 Å². The normalized spacial score (nSPS) is 15.6. The standard InChI is InChI=1S/C18H23N7/c1-15-10-18(24-9-6-20-14-24)3-2-16(15)11-25-13-17(21-22-25)12-23-7-4-19-5-8-23/h2-3,6,9-10,13-14,19H,4-5,7-8,11-12H2,1H3. The number of nitrogens with one attached hydrogen (secondary N) is 1. The molecule has 0 saturated carbocycles. The maximum Gasteiger partial charge on any atom is 0.0991 e. The zero-order chi connectivity index (χ0) is 17.1. The number of nitrogens with zero attached hydrogens (tertiary/aromatic N) is 6. The maximum absolute atomic E-state index is 4.33. The first-order valence-corrected chi connectivity index (χ1v) is 8.68. The van der Waals surface area contributed by atoms with E-state index in [2.05, 4.69) is 56.8 Å². The Labute approximate surface area is 147 Å². The van der Waals surface area contributed by atoms with Crippen LogP contribution in [0.4, 0.5) is 0 Å². The molecule has 1 aromatic carbocycles. The predicted molar refractivity (Wildman–Crippen MR) is 95.6 cm³/mol. The number of aromatic nitrogens is 5. The minimum atomic E-state index is 0.741. The molecular weight excluding hydrogens is 314 g/mol. The van der Waals surface area contributed by atoms with Crippen LogP contribution in [0.5, 0.6) is 0 Å². The Morgan fingerprint density at radius 2 is 2.04 bits per heavy atom. The third-order valence-corrected chi connectivity index (χ3v) is 4.64. The highest BCUT2D eigenvalue weighted by molar-refractivity contribution is 5.40. The second kappa shape index (κ2) is 7.16. The summed E-state index contributed by atoms with van der Waals surface area (Å²) < 4.78 is 3.94. The van der Waals surface area contributed by atoms with Crippen LogP contribution in [0.3, 0.4) is 0 Å². The van der Waals surface area contributed by atoms with Crippen molar-refractivity contribution in [1.82, 2.24) is 34.8 Å². The second-order valence-electron chi connectivity index (χ2n) is 6.51. The van der Waals surface area contributed by atoms with Gasteiger partial charge in [0.15, 0.2) is 0 Å². The summed E-state index contributed by atoms with van der Waals surface area (Å²) in [4.78, 5) is 6.51. The Bertz CT molecular complexity index is 816. The van der Waals surface area contributed by atoms with Crippen molar-refractivity contribution in [1.29, 1.82) is 0 Å². The van der Waals surface area contributed by atoms with E-state index < -0.39 is 0 Å². The topological polar surface area (TPSA) is 63.8 Å². The summed E-state index contributed by atoms with van der Waals surface area (Å²) in [5, 5.41) is 12.0. The molecule has 130 valence electrons. The quantitative estimate of drug-likeness (QED) is 0.759. The summed E-state index contributed by atoms with van der Waals surface area (Å²) >= 11 is 0. The summed E-state index contributed by atoms with van der Waals surface area (Å²) in [5.41, 5.74) is 4.65. The van der Waals surface area contributed by atoms with Crippen LogP contribution in [0.25, 0.3) is 5.69 Å². The average Bonchev–Trinajstić information content (AvgIpc) is 3.30.